The number of phenolic OH excluding ortho intramolecular Hbond substituents is 1. The van der Waals surface area contributed by atoms with Gasteiger partial charge in [-0.05, 0) is 30.9 Å². The minimum absolute atomic E-state index is 0.0115. The van der Waals surface area contributed by atoms with Crippen LogP contribution in [0.4, 0.5) is 0 Å². The largest absolute Gasteiger partial charge is 0.508 e. The Balaban J connectivity index is 1.88. The number of piperidine rings is 1. The molecule has 4 nitrogen and oxygen atoms in total. The number of amides is 1. The molecular weight excluding hydrogens is 313 g/mol. The quantitative estimate of drug-likeness (QED) is 0.877. The predicted molar refractivity (Wildman–Crippen MR) is 80.8 cm³/mol. The number of aliphatic hydroxyl groups is 1. The SMILES string of the molecule is O=C1C[C@H](CO)C[C@@H]2C[C@H](c3c(O)ccc(Cl)c3Cl)CN12. The van der Waals surface area contributed by atoms with Gasteiger partial charge in [-0.15, -0.1) is 0 Å². The van der Waals surface area contributed by atoms with E-state index in [4.69, 9.17) is 23.2 Å². The number of hydrogen-bond acceptors (Lipinski definition) is 3. The van der Waals surface area contributed by atoms with Crippen LogP contribution in [-0.2, 0) is 4.79 Å². The van der Waals surface area contributed by atoms with Gasteiger partial charge in [0.25, 0.3) is 0 Å². The number of hydrogen-bond donors (Lipinski definition) is 2. The molecule has 6 heteroatoms. The fourth-order valence-electron chi connectivity index (χ4n) is 3.57. The summed E-state index contributed by atoms with van der Waals surface area (Å²) in [7, 11) is 0. The maximum atomic E-state index is 12.2. The normalized spacial score (nSPS) is 28.8. The summed E-state index contributed by atoms with van der Waals surface area (Å²) in [4.78, 5) is 14.0. The van der Waals surface area contributed by atoms with Gasteiger partial charge in [0.1, 0.15) is 5.75 Å². The molecule has 3 rings (SSSR count). The Bertz CT molecular complexity index is 578. The van der Waals surface area contributed by atoms with Crippen LogP contribution in [0.5, 0.6) is 5.75 Å². The first-order valence-electron chi connectivity index (χ1n) is 7.08. The van der Waals surface area contributed by atoms with Crippen LogP contribution in [0.3, 0.4) is 0 Å². The minimum Gasteiger partial charge on any atom is -0.508 e. The Morgan fingerprint density at radius 1 is 1.29 bits per heavy atom. The molecule has 2 saturated heterocycles. The molecule has 0 bridgehead atoms. The van der Waals surface area contributed by atoms with Gasteiger partial charge in [0.15, 0.2) is 0 Å². The van der Waals surface area contributed by atoms with E-state index in [0.717, 1.165) is 12.8 Å². The summed E-state index contributed by atoms with van der Waals surface area (Å²) in [6.45, 7) is 0.596. The van der Waals surface area contributed by atoms with Crippen LogP contribution < -0.4 is 0 Å². The molecule has 0 aromatic heterocycles. The van der Waals surface area contributed by atoms with E-state index in [1.54, 1.807) is 12.1 Å². The second-order valence-corrected chi connectivity index (χ2v) is 6.70. The first-order valence-corrected chi connectivity index (χ1v) is 7.84. The molecule has 21 heavy (non-hydrogen) atoms. The lowest BCUT2D eigenvalue weighted by molar-refractivity contribution is -0.137. The number of carbonyl (C=O) groups excluding carboxylic acids is 1. The van der Waals surface area contributed by atoms with Crippen LogP contribution in [0, 0.1) is 5.92 Å². The monoisotopic (exact) mass is 329 g/mol. The molecule has 0 radical (unpaired) electrons. The maximum Gasteiger partial charge on any atom is 0.223 e. The number of aromatic hydroxyl groups is 1. The van der Waals surface area contributed by atoms with Crippen molar-refractivity contribution >= 4 is 29.1 Å². The molecule has 1 amide bonds. The van der Waals surface area contributed by atoms with Crippen molar-refractivity contribution in [2.24, 2.45) is 5.92 Å². The van der Waals surface area contributed by atoms with Crippen molar-refractivity contribution in [1.82, 2.24) is 4.90 Å². The van der Waals surface area contributed by atoms with Gasteiger partial charge in [-0.3, -0.25) is 4.79 Å². The second kappa shape index (κ2) is 5.67. The molecule has 0 spiro atoms. The van der Waals surface area contributed by atoms with Gasteiger partial charge in [-0.25, -0.2) is 0 Å². The maximum absolute atomic E-state index is 12.2. The summed E-state index contributed by atoms with van der Waals surface area (Å²) >= 11 is 12.3. The fraction of sp³-hybridized carbons (Fsp3) is 0.533. The van der Waals surface area contributed by atoms with Crippen molar-refractivity contribution < 1.29 is 15.0 Å². The van der Waals surface area contributed by atoms with E-state index in [1.165, 1.54) is 0 Å². The lowest BCUT2D eigenvalue weighted by Gasteiger charge is -2.33. The number of carbonyl (C=O) groups is 1. The van der Waals surface area contributed by atoms with Crippen LogP contribution in [-0.4, -0.2) is 40.2 Å². The average Bonchev–Trinajstić information content (AvgIpc) is 2.87. The van der Waals surface area contributed by atoms with Crippen molar-refractivity contribution in [3.8, 4) is 5.75 Å². The van der Waals surface area contributed by atoms with E-state index < -0.39 is 0 Å². The molecule has 114 valence electrons. The number of phenols is 1. The van der Waals surface area contributed by atoms with E-state index >= 15 is 0 Å². The number of halogens is 2. The molecule has 2 N–H and O–H groups in total. The van der Waals surface area contributed by atoms with Crippen LogP contribution in [0.15, 0.2) is 12.1 Å². The third-order valence-electron chi connectivity index (χ3n) is 4.58. The summed E-state index contributed by atoms with van der Waals surface area (Å²) in [6, 6.07) is 3.22. The summed E-state index contributed by atoms with van der Waals surface area (Å²) in [6.07, 6.45) is 1.95. The minimum atomic E-state index is -0.0115. The molecule has 1 aromatic rings. The average molecular weight is 330 g/mol. The molecule has 2 heterocycles. The highest BCUT2D eigenvalue weighted by Crippen LogP contribution is 2.45. The van der Waals surface area contributed by atoms with E-state index in [9.17, 15) is 15.0 Å². The number of fused-ring (bicyclic) bond motifs is 1. The van der Waals surface area contributed by atoms with Crippen molar-refractivity contribution in [2.75, 3.05) is 13.2 Å². The smallest absolute Gasteiger partial charge is 0.223 e. The summed E-state index contributed by atoms with van der Waals surface area (Å²) in [5.74, 6) is 0.231. The Kier molecular flexibility index (Phi) is 4.04. The Morgan fingerprint density at radius 2 is 2.05 bits per heavy atom. The molecule has 3 atom stereocenters. The molecule has 0 unspecified atom stereocenters. The van der Waals surface area contributed by atoms with Gasteiger partial charge in [-0.2, -0.15) is 0 Å². The fourth-order valence-corrected chi connectivity index (χ4v) is 4.05. The number of nitrogens with zero attached hydrogens (tertiary/aromatic N) is 1. The lowest BCUT2D eigenvalue weighted by Crippen LogP contribution is -2.43. The van der Waals surface area contributed by atoms with Crippen LogP contribution in [0.25, 0.3) is 0 Å². The highest BCUT2D eigenvalue weighted by Gasteiger charge is 2.42. The third-order valence-corrected chi connectivity index (χ3v) is 5.40. The topological polar surface area (TPSA) is 60.8 Å². The van der Waals surface area contributed by atoms with Crippen molar-refractivity contribution in [3.05, 3.63) is 27.7 Å². The molecule has 2 aliphatic heterocycles. The highest BCUT2D eigenvalue weighted by molar-refractivity contribution is 6.42. The van der Waals surface area contributed by atoms with Gasteiger partial charge >= 0.3 is 0 Å². The van der Waals surface area contributed by atoms with E-state index in [-0.39, 0.29) is 36.1 Å². The van der Waals surface area contributed by atoms with E-state index in [1.807, 2.05) is 4.90 Å². The summed E-state index contributed by atoms with van der Waals surface area (Å²) < 4.78 is 0. The second-order valence-electron chi connectivity index (χ2n) is 5.92. The highest BCUT2D eigenvalue weighted by atomic mass is 35.5. The van der Waals surface area contributed by atoms with Crippen LogP contribution >= 0.6 is 23.2 Å². The molecule has 2 aliphatic rings. The first-order chi connectivity index (χ1) is 10.0. The standard InChI is InChI=1S/C15H17Cl2NO3/c16-11-1-2-12(20)14(15(11)17)9-5-10-3-8(7-19)4-13(21)18(10)6-9/h1-2,8-10,19-20H,3-7H2/t8-,9+,10-/m1/s1. The van der Waals surface area contributed by atoms with E-state index in [0.29, 0.717) is 28.6 Å². The molecule has 0 saturated carbocycles. The summed E-state index contributed by atoms with van der Waals surface area (Å²) in [5.41, 5.74) is 0.631. The predicted octanol–water partition coefficient (Wildman–Crippen LogP) is 2.79. The van der Waals surface area contributed by atoms with Gasteiger partial charge < -0.3 is 15.1 Å². The Morgan fingerprint density at radius 3 is 2.76 bits per heavy atom. The zero-order chi connectivity index (χ0) is 15.1. The zero-order valence-electron chi connectivity index (χ0n) is 11.4. The van der Waals surface area contributed by atoms with Gasteiger partial charge in [-0.1, -0.05) is 23.2 Å². The number of aliphatic hydroxyl groups excluding tert-OH is 1. The third kappa shape index (κ3) is 2.60. The molecule has 1 aromatic carbocycles. The molecule has 0 aliphatic carbocycles. The zero-order valence-corrected chi connectivity index (χ0v) is 12.9. The summed E-state index contributed by atoms with van der Waals surface area (Å²) in [5, 5.41) is 20.2. The number of benzene rings is 1. The van der Waals surface area contributed by atoms with Gasteiger partial charge in [0.05, 0.1) is 10.0 Å². The van der Waals surface area contributed by atoms with Gasteiger partial charge in [0, 0.05) is 37.1 Å². The lowest BCUT2D eigenvalue weighted by atomic mass is 9.89. The van der Waals surface area contributed by atoms with Crippen molar-refractivity contribution in [1.29, 1.82) is 0 Å². The Labute approximate surface area is 133 Å². The van der Waals surface area contributed by atoms with E-state index in [2.05, 4.69) is 0 Å². The van der Waals surface area contributed by atoms with Gasteiger partial charge in [0.2, 0.25) is 5.91 Å². The van der Waals surface area contributed by atoms with Crippen LogP contribution in [0.2, 0.25) is 10.0 Å². The molecule has 2 fully saturated rings. The first kappa shape index (κ1) is 14.9. The van der Waals surface area contributed by atoms with Crippen LogP contribution in [0.1, 0.15) is 30.7 Å². The van der Waals surface area contributed by atoms with Crippen molar-refractivity contribution in [2.45, 2.75) is 31.2 Å². The molecular formula is C15H17Cl2NO3. The number of rotatable bonds is 2. The Hall–Kier alpha value is -0.970. The van der Waals surface area contributed by atoms with Crippen molar-refractivity contribution in [3.63, 3.8) is 0 Å².